The number of para-hydroxylation sites is 1. The molecular weight excluding hydrogens is 280 g/mol. The molecule has 1 saturated carbocycles. The van der Waals surface area contributed by atoms with Crippen LogP contribution in [0.25, 0.3) is 0 Å². The van der Waals surface area contributed by atoms with Gasteiger partial charge in [0.15, 0.2) is 0 Å². The van der Waals surface area contributed by atoms with E-state index in [9.17, 15) is 4.79 Å². The molecule has 120 valence electrons. The fraction of sp³-hybridized carbons (Fsp3) is 0.588. The summed E-state index contributed by atoms with van der Waals surface area (Å²) in [5.74, 6) is 1.98. The number of rotatable bonds is 6. The molecule has 1 aliphatic heterocycles. The number of carbonyl (C=O) groups is 1. The maximum Gasteiger partial charge on any atom is 0.248 e. The first-order valence-corrected chi connectivity index (χ1v) is 8.03. The highest BCUT2D eigenvalue weighted by Gasteiger charge is 2.42. The topological polar surface area (TPSA) is 64.8 Å². The summed E-state index contributed by atoms with van der Waals surface area (Å²) in [7, 11) is 0. The third kappa shape index (κ3) is 3.59. The number of ether oxygens (including phenoxy) is 2. The largest absolute Gasteiger partial charge is 0.491 e. The molecule has 2 aliphatic rings. The van der Waals surface area contributed by atoms with E-state index in [-0.39, 0.29) is 18.6 Å². The van der Waals surface area contributed by atoms with Gasteiger partial charge >= 0.3 is 0 Å². The van der Waals surface area contributed by atoms with Crippen LogP contribution in [0.5, 0.6) is 5.75 Å². The Bertz CT molecular complexity index is 494. The molecule has 3 atom stereocenters. The van der Waals surface area contributed by atoms with E-state index in [2.05, 4.69) is 0 Å². The van der Waals surface area contributed by atoms with Crippen LogP contribution in [0.3, 0.4) is 0 Å². The van der Waals surface area contributed by atoms with Crippen molar-refractivity contribution in [2.24, 2.45) is 17.6 Å². The Balaban J connectivity index is 1.32. The summed E-state index contributed by atoms with van der Waals surface area (Å²) in [6.07, 6.45) is 2.26. The zero-order chi connectivity index (χ0) is 15.4. The van der Waals surface area contributed by atoms with Crippen LogP contribution < -0.4 is 10.5 Å². The van der Waals surface area contributed by atoms with Crippen molar-refractivity contribution in [3.8, 4) is 5.75 Å². The molecule has 0 bridgehead atoms. The lowest BCUT2D eigenvalue weighted by Crippen LogP contribution is -2.35. The lowest BCUT2D eigenvalue weighted by atomic mass is 9.98. The minimum Gasteiger partial charge on any atom is -0.491 e. The molecule has 5 heteroatoms. The smallest absolute Gasteiger partial charge is 0.248 e. The number of carbonyl (C=O) groups excluding carboxylic acids is 1. The van der Waals surface area contributed by atoms with Crippen LogP contribution >= 0.6 is 0 Å². The highest BCUT2D eigenvalue weighted by molar-refractivity contribution is 5.77. The third-order valence-electron chi connectivity index (χ3n) is 4.73. The van der Waals surface area contributed by atoms with Gasteiger partial charge in [-0.05, 0) is 36.8 Å². The molecule has 0 radical (unpaired) electrons. The second kappa shape index (κ2) is 7.11. The molecular formula is C17H24N2O3. The van der Waals surface area contributed by atoms with Gasteiger partial charge in [0.1, 0.15) is 19.0 Å². The van der Waals surface area contributed by atoms with Crippen molar-refractivity contribution in [2.75, 3.05) is 32.9 Å². The summed E-state index contributed by atoms with van der Waals surface area (Å²) in [4.78, 5) is 14.0. The molecule has 2 N–H and O–H groups in total. The average molecular weight is 304 g/mol. The summed E-state index contributed by atoms with van der Waals surface area (Å²) < 4.78 is 11.0. The van der Waals surface area contributed by atoms with E-state index < -0.39 is 0 Å². The van der Waals surface area contributed by atoms with E-state index in [0.717, 1.165) is 31.7 Å². The number of hydrogen-bond acceptors (Lipinski definition) is 4. The van der Waals surface area contributed by atoms with Gasteiger partial charge in [-0.25, -0.2) is 0 Å². The van der Waals surface area contributed by atoms with Crippen molar-refractivity contribution in [1.29, 1.82) is 0 Å². The Kier molecular flexibility index (Phi) is 4.95. The zero-order valence-electron chi connectivity index (χ0n) is 12.8. The standard InChI is InChI=1S/C17H24N2O3/c18-16-7-6-13-10-19(11-15(13)16)17(20)12-21-8-9-22-14-4-2-1-3-5-14/h1-5,13,15-16H,6-12,18H2. The molecule has 1 heterocycles. The van der Waals surface area contributed by atoms with Crippen LogP contribution in [0.4, 0.5) is 0 Å². The molecule has 1 amide bonds. The Labute approximate surface area is 131 Å². The average Bonchev–Trinajstić information content (AvgIpc) is 3.10. The summed E-state index contributed by atoms with van der Waals surface area (Å²) in [6.45, 7) is 2.65. The van der Waals surface area contributed by atoms with E-state index in [4.69, 9.17) is 15.2 Å². The van der Waals surface area contributed by atoms with Gasteiger partial charge in [0.05, 0.1) is 6.61 Å². The van der Waals surface area contributed by atoms with Crippen LogP contribution in [0, 0.1) is 11.8 Å². The van der Waals surface area contributed by atoms with E-state index in [1.807, 2.05) is 35.2 Å². The summed E-state index contributed by atoms with van der Waals surface area (Å²) in [5, 5.41) is 0. The molecule has 2 fully saturated rings. The van der Waals surface area contributed by atoms with Crippen LogP contribution in [0.1, 0.15) is 12.8 Å². The van der Waals surface area contributed by atoms with E-state index in [1.165, 1.54) is 0 Å². The predicted molar refractivity (Wildman–Crippen MR) is 83.5 cm³/mol. The minimum atomic E-state index is 0.0707. The molecule has 22 heavy (non-hydrogen) atoms. The Morgan fingerprint density at radius 3 is 2.77 bits per heavy atom. The SMILES string of the molecule is NC1CCC2CN(C(=O)COCCOc3ccccc3)CC12. The maximum atomic E-state index is 12.1. The van der Waals surface area contributed by atoms with Gasteiger partial charge in [-0.15, -0.1) is 0 Å². The van der Waals surface area contributed by atoms with Gasteiger partial charge in [-0.1, -0.05) is 18.2 Å². The predicted octanol–water partition coefficient (Wildman–Crippen LogP) is 1.28. The summed E-state index contributed by atoms with van der Waals surface area (Å²) in [5.41, 5.74) is 6.09. The van der Waals surface area contributed by atoms with E-state index >= 15 is 0 Å². The van der Waals surface area contributed by atoms with Gasteiger partial charge in [-0.3, -0.25) is 4.79 Å². The first-order valence-electron chi connectivity index (χ1n) is 8.03. The molecule has 3 unspecified atom stereocenters. The molecule has 3 rings (SSSR count). The van der Waals surface area contributed by atoms with Crippen molar-refractivity contribution in [3.05, 3.63) is 30.3 Å². The fourth-order valence-corrected chi connectivity index (χ4v) is 3.50. The number of amides is 1. The van der Waals surface area contributed by atoms with Crippen molar-refractivity contribution in [2.45, 2.75) is 18.9 Å². The second-order valence-electron chi connectivity index (χ2n) is 6.18. The van der Waals surface area contributed by atoms with Crippen molar-refractivity contribution < 1.29 is 14.3 Å². The number of benzene rings is 1. The summed E-state index contributed by atoms with van der Waals surface area (Å²) >= 11 is 0. The highest BCUT2D eigenvalue weighted by atomic mass is 16.5. The van der Waals surface area contributed by atoms with Crippen LogP contribution in [-0.4, -0.2) is 49.8 Å². The number of likely N-dealkylation sites (tertiary alicyclic amines) is 1. The molecule has 1 aromatic rings. The highest BCUT2D eigenvalue weighted by Crippen LogP contribution is 2.37. The third-order valence-corrected chi connectivity index (χ3v) is 4.73. The van der Waals surface area contributed by atoms with Crippen LogP contribution in [0.15, 0.2) is 30.3 Å². The van der Waals surface area contributed by atoms with Gasteiger partial charge < -0.3 is 20.1 Å². The van der Waals surface area contributed by atoms with Crippen LogP contribution in [0.2, 0.25) is 0 Å². The van der Waals surface area contributed by atoms with Crippen molar-refractivity contribution in [1.82, 2.24) is 4.90 Å². The molecule has 1 saturated heterocycles. The Hall–Kier alpha value is -1.59. The molecule has 1 aliphatic carbocycles. The molecule has 0 spiro atoms. The fourth-order valence-electron chi connectivity index (χ4n) is 3.50. The molecule has 5 nitrogen and oxygen atoms in total. The van der Waals surface area contributed by atoms with Gasteiger partial charge in [-0.2, -0.15) is 0 Å². The Morgan fingerprint density at radius 1 is 1.18 bits per heavy atom. The second-order valence-corrected chi connectivity index (χ2v) is 6.18. The lowest BCUT2D eigenvalue weighted by molar-refractivity contribution is -0.135. The van der Waals surface area contributed by atoms with E-state index in [0.29, 0.717) is 25.0 Å². The number of nitrogens with two attached hydrogens (primary N) is 1. The number of fused-ring (bicyclic) bond motifs is 1. The monoisotopic (exact) mass is 304 g/mol. The number of hydrogen-bond donors (Lipinski definition) is 1. The first-order chi connectivity index (χ1) is 10.7. The minimum absolute atomic E-state index is 0.0707. The molecule has 0 aromatic heterocycles. The molecule has 1 aromatic carbocycles. The Morgan fingerprint density at radius 2 is 2.00 bits per heavy atom. The summed E-state index contributed by atoms with van der Waals surface area (Å²) in [6, 6.07) is 9.86. The van der Waals surface area contributed by atoms with Crippen LogP contribution in [-0.2, 0) is 9.53 Å². The normalized spacial score (nSPS) is 27.0. The zero-order valence-corrected chi connectivity index (χ0v) is 12.8. The van der Waals surface area contributed by atoms with Crippen molar-refractivity contribution >= 4 is 5.91 Å². The number of nitrogens with zero attached hydrogens (tertiary/aromatic N) is 1. The van der Waals surface area contributed by atoms with Gasteiger partial charge in [0.25, 0.3) is 0 Å². The first kappa shape index (κ1) is 15.3. The van der Waals surface area contributed by atoms with Gasteiger partial charge in [0.2, 0.25) is 5.91 Å². The van der Waals surface area contributed by atoms with Gasteiger partial charge in [0, 0.05) is 19.1 Å². The quantitative estimate of drug-likeness (QED) is 0.804. The van der Waals surface area contributed by atoms with Crippen molar-refractivity contribution in [3.63, 3.8) is 0 Å². The lowest BCUT2D eigenvalue weighted by Gasteiger charge is -2.18. The van der Waals surface area contributed by atoms with E-state index in [1.54, 1.807) is 0 Å². The maximum absolute atomic E-state index is 12.1.